The standard InChI is InChI=1S/C29H36O7/c1-6-7-9-20(2)25(26-19-23(29(32)34-5)12-14-28(26)33-4)13-15-27(36-21(3)31)22-10-8-11-24(18-22)35-17-16-30/h8,10-14,18-19,27,30H,2,6-7,9,15-17H2,1,3-5H3/b25-13-/t27-/m0/s1. The van der Waals surface area contributed by atoms with E-state index >= 15 is 0 Å². The minimum absolute atomic E-state index is 0.101. The molecular formula is C29H36O7. The second kappa shape index (κ2) is 14.7. The second-order valence-corrected chi connectivity index (χ2v) is 8.21. The highest BCUT2D eigenvalue weighted by Gasteiger charge is 2.19. The summed E-state index contributed by atoms with van der Waals surface area (Å²) in [6, 6.07) is 12.4. The van der Waals surface area contributed by atoms with Crippen LogP contribution in [0, 0.1) is 0 Å². The maximum atomic E-state index is 12.2. The van der Waals surface area contributed by atoms with Crippen LogP contribution in [0.2, 0.25) is 0 Å². The quantitative estimate of drug-likeness (QED) is 0.266. The summed E-state index contributed by atoms with van der Waals surface area (Å²) in [6.45, 7) is 7.85. The third-order valence-electron chi connectivity index (χ3n) is 5.56. The van der Waals surface area contributed by atoms with Gasteiger partial charge in [-0.25, -0.2) is 4.79 Å². The summed E-state index contributed by atoms with van der Waals surface area (Å²) in [4.78, 5) is 24.2. The summed E-state index contributed by atoms with van der Waals surface area (Å²) in [7, 11) is 2.91. The average molecular weight is 497 g/mol. The molecule has 2 aromatic rings. The van der Waals surface area contributed by atoms with Crippen LogP contribution >= 0.6 is 0 Å². The topological polar surface area (TPSA) is 91.3 Å². The molecule has 0 fully saturated rings. The number of unbranched alkanes of at least 4 members (excludes halogenated alkanes) is 1. The van der Waals surface area contributed by atoms with E-state index < -0.39 is 18.0 Å². The maximum Gasteiger partial charge on any atom is 0.337 e. The lowest BCUT2D eigenvalue weighted by Crippen LogP contribution is -2.09. The van der Waals surface area contributed by atoms with E-state index in [9.17, 15) is 9.59 Å². The predicted molar refractivity (Wildman–Crippen MR) is 139 cm³/mol. The van der Waals surface area contributed by atoms with Crippen molar-refractivity contribution in [2.75, 3.05) is 27.4 Å². The van der Waals surface area contributed by atoms with Crippen molar-refractivity contribution >= 4 is 17.5 Å². The van der Waals surface area contributed by atoms with Gasteiger partial charge in [0.1, 0.15) is 24.2 Å². The molecule has 0 aliphatic rings. The van der Waals surface area contributed by atoms with Crippen molar-refractivity contribution in [1.29, 1.82) is 0 Å². The van der Waals surface area contributed by atoms with Gasteiger partial charge in [0.2, 0.25) is 0 Å². The lowest BCUT2D eigenvalue weighted by Gasteiger charge is -2.20. The summed E-state index contributed by atoms with van der Waals surface area (Å²) in [5, 5.41) is 9.05. The van der Waals surface area contributed by atoms with Crippen LogP contribution in [0.15, 0.2) is 60.7 Å². The van der Waals surface area contributed by atoms with E-state index in [1.54, 1.807) is 37.4 Å². The third kappa shape index (κ3) is 8.27. The number of esters is 2. The molecular weight excluding hydrogens is 460 g/mol. The largest absolute Gasteiger partial charge is 0.496 e. The van der Waals surface area contributed by atoms with E-state index in [1.165, 1.54) is 14.0 Å². The normalized spacial score (nSPS) is 12.0. The van der Waals surface area contributed by atoms with Crippen molar-refractivity contribution < 1.29 is 33.6 Å². The van der Waals surface area contributed by atoms with Crippen molar-refractivity contribution in [2.45, 2.75) is 45.6 Å². The Morgan fingerprint density at radius 2 is 1.92 bits per heavy atom. The van der Waals surface area contributed by atoms with Gasteiger partial charge in [-0.05, 0) is 59.9 Å². The van der Waals surface area contributed by atoms with Crippen LogP contribution < -0.4 is 9.47 Å². The zero-order valence-electron chi connectivity index (χ0n) is 21.5. The van der Waals surface area contributed by atoms with Crippen LogP contribution in [0.5, 0.6) is 11.5 Å². The molecule has 1 atom stereocenters. The highest BCUT2D eigenvalue weighted by molar-refractivity contribution is 5.92. The fraction of sp³-hybridized carbons (Fsp3) is 0.379. The monoisotopic (exact) mass is 496 g/mol. The number of hydrogen-bond acceptors (Lipinski definition) is 7. The van der Waals surface area contributed by atoms with Crippen molar-refractivity contribution in [3.05, 3.63) is 77.4 Å². The van der Waals surface area contributed by atoms with Gasteiger partial charge in [-0.1, -0.05) is 38.1 Å². The third-order valence-corrected chi connectivity index (χ3v) is 5.56. The molecule has 0 amide bonds. The maximum absolute atomic E-state index is 12.2. The Bertz CT molecular complexity index is 1070. The lowest BCUT2D eigenvalue weighted by molar-refractivity contribution is -0.146. The van der Waals surface area contributed by atoms with Gasteiger partial charge >= 0.3 is 11.9 Å². The molecule has 0 unspecified atom stereocenters. The number of carbonyl (C=O) groups excluding carboxylic acids is 2. The van der Waals surface area contributed by atoms with Gasteiger partial charge in [0, 0.05) is 18.9 Å². The highest BCUT2D eigenvalue weighted by Crippen LogP contribution is 2.36. The molecule has 1 N–H and O–H groups in total. The number of hydrogen-bond donors (Lipinski definition) is 1. The SMILES string of the molecule is C=C(CCCC)/C(=C/C[C@H](OC(C)=O)c1cccc(OCCO)c1)c1cc(C(=O)OC)ccc1OC. The molecule has 0 heterocycles. The molecule has 7 nitrogen and oxygen atoms in total. The van der Waals surface area contributed by atoms with E-state index in [4.69, 9.17) is 24.1 Å². The van der Waals surface area contributed by atoms with Crippen molar-refractivity contribution in [1.82, 2.24) is 0 Å². The molecule has 0 aromatic heterocycles. The Kier molecular flexibility index (Phi) is 11.7. The Labute approximate surface area is 213 Å². The molecule has 0 saturated carbocycles. The first-order chi connectivity index (χ1) is 17.3. The highest BCUT2D eigenvalue weighted by atomic mass is 16.5. The number of aliphatic hydroxyl groups is 1. The van der Waals surface area contributed by atoms with Crippen molar-refractivity contribution in [2.24, 2.45) is 0 Å². The second-order valence-electron chi connectivity index (χ2n) is 8.21. The Balaban J connectivity index is 2.53. The fourth-order valence-electron chi connectivity index (χ4n) is 3.78. The summed E-state index contributed by atoms with van der Waals surface area (Å²) < 4.78 is 21.7. The molecule has 0 aliphatic heterocycles. The number of benzene rings is 2. The Hall–Kier alpha value is -3.58. The lowest BCUT2D eigenvalue weighted by atomic mass is 9.91. The molecule has 0 aliphatic carbocycles. The number of rotatable bonds is 14. The fourth-order valence-corrected chi connectivity index (χ4v) is 3.78. The van der Waals surface area contributed by atoms with Gasteiger partial charge in [0.25, 0.3) is 0 Å². The van der Waals surface area contributed by atoms with Gasteiger partial charge in [0.15, 0.2) is 0 Å². The van der Waals surface area contributed by atoms with E-state index in [-0.39, 0.29) is 13.2 Å². The van der Waals surface area contributed by atoms with Crippen LogP contribution in [0.25, 0.3) is 5.57 Å². The molecule has 2 rings (SSSR count). The molecule has 36 heavy (non-hydrogen) atoms. The van der Waals surface area contributed by atoms with Gasteiger partial charge in [-0.2, -0.15) is 0 Å². The van der Waals surface area contributed by atoms with Crippen LogP contribution in [-0.2, 0) is 14.3 Å². The zero-order valence-corrected chi connectivity index (χ0v) is 21.5. The minimum atomic E-state index is -0.580. The first-order valence-electron chi connectivity index (χ1n) is 12.0. The number of carbonyl (C=O) groups is 2. The molecule has 0 spiro atoms. The summed E-state index contributed by atoms with van der Waals surface area (Å²) in [5.74, 6) is 0.305. The first-order valence-corrected chi connectivity index (χ1v) is 12.0. The van der Waals surface area contributed by atoms with Gasteiger partial charge in [-0.3, -0.25) is 4.79 Å². The molecule has 0 radical (unpaired) electrons. The Morgan fingerprint density at radius 3 is 2.56 bits per heavy atom. The summed E-state index contributed by atoms with van der Waals surface area (Å²) in [5.41, 5.74) is 3.57. The van der Waals surface area contributed by atoms with Crippen LogP contribution in [-0.4, -0.2) is 44.5 Å². The summed E-state index contributed by atoms with van der Waals surface area (Å²) >= 11 is 0. The van der Waals surface area contributed by atoms with Crippen LogP contribution in [0.3, 0.4) is 0 Å². The van der Waals surface area contributed by atoms with E-state index in [1.807, 2.05) is 18.2 Å². The summed E-state index contributed by atoms with van der Waals surface area (Å²) in [6.07, 6.45) is 4.45. The number of ether oxygens (including phenoxy) is 4. The Morgan fingerprint density at radius 1 is 1.14 bits per heavy atom. The molecule has 2 aromatic carbocycles. The average Bonchev–Trinajstić information content (AvgIpc) is 2.89. The van der Waals surface area contributed by atoms with Crippen molar-refractivity contribution in [3.8, 4) is 11.5 Å². The van der Waals surface area contributed by atoms with E-state index in [0.717, 1.165) is 36.0 Å². The number of aliphatic hydroxyl groups excluding tert-OH is 1. The minimum Gasteiger partial charge on any atom is -0.496 e. The number of methoxy groups -OCH3 is 2. The van der Waals surface area contributed by atoms with Crippen LogP contribution in [0.4, 0.5) is 0 Å². The molecule has 194 valence electrons. The number of allylic oxidation sites excluding steroid dienone is 2. The van der Waals surface area contributed by atoms with Gasteiger partial charge in [0.05, 0.1) is 26.4 Å². The molecule has 7 heteroatoms. The smallest absolute Gasteiger partial charge is 0.337 e. The predicted octanol–water partition coefficient (Wildman–Crippen LogP) is 5.68. The molecule has 0 bridgehead atoms. The molecule has 0 saturated heterocycles. The zero-order chi connectivity index (χ0) is 26.5. The van der Waals surface area contributed by atoms with Gasteiger partial charge < -0.3 is 24.1 Å². The van der Waals surface area contributed by atoms with Crippen molar-refractivity contribution in [3.63, 3.8) is 0 Å². The van der Waals surface area contributed by atoms with E-state index in [0.29, 0.717) is 29.0 Å². The van der Waals surface area contributed by atoms with Crippen LogP contribution in [0.1, 0.15) is 67.1 Å². The first kappa shape index (κ1) is 28.7. The van der Waals surface area contributed by atoms with Gasteiger partial charge in [-0.15, -0.1) is 0 Å². The van der Waals surface area contributed by atoms with E-state index in [2.05, 4.69) is 13.5 Å².